The highest BCUT2D eigenvalue weighted by molar-refractivity contribution is 7.92. The fourth-order valence-corrected chi connectivity index (χ4v) is 6.58. The summed E-state index contributed by atoms with van der Waals surface area (Å²) >= 11 is 0. The molecular weight excluding hydrogens is 504 g/mol. The average molecular weight is 537 g/mol. The number of carbonyl (C=O) groups is 2. The number of esters is 1. The Bertz CT molecular complexity index is 1380. The van der Waals surface area contributed by atoms with Crippen molar-refractivity contribution in [3.05, 3.63) is 78.1 Å². The Balaban J connectivity index is 1.39. The molecule has 1 saturated carbocycles. The maximum atomic E-state index is 13.2. The van der Waals surface area contributed by atoms with E-state index in [1.165, 1.54) is 31.2 Å². The third kappa shape index (κ3) is 5.68. The van der Waals surface area contributed by atoms with E-state index in [1.807, 2.05) is 18.2 Å². The van der Waals surface area contributed by atoms with Crippen LogP contribution in [0, 0.1) is 17.8 Å². The van der Waals surface area contributed by atoms with Gasteiger partial charge in [0.2, 0.25) is 5.91 Å². The topological polar surface area (TPSA) is 122 Å². The molecule has 1 saturated heterocycles. The minimum atomic E-state index is -3.89. The van der Waals surface area contributed by atoms with Crippen molar-refractivity contribution in [1.82, 2.24) is 0 Å². The van der Waals surface area contributed by atoms with Crippen molar-refractivity contribution >= 4 is 33.3 Å². The lowest BCUT2D eigenvalue weighted by atomic mass is 9.72. The molecule has 4 atom stereocenters. The first kappa shape index (κ1) is 26.2. The number of amides is 1. The molecule has 38 heavy (non-hydrogen) atoms. The van der Waals surface area contributed by atoms with E-state index < -0.39 is 28.0 Å². The Morgan fingerprint density at radius 3 is 2.55 bits per heavy atom. The average Bonchev–Trinajstić information content (AvgIpc) is 3.68. The van der Waals surface area contributed by atoms with Crippen LogP contribution in [0.5, 0.6) is 0 Å². The molecule has 8 nitrogen and oxygen atoms in total. The van der Waals surface area contributed by atoms with Gasteiger partial charge in [0.15, 0.2) is 0 Å². The Morgan fingerprint density at radius 2 is 1.84 bits per heavy atom. The fourth-order valence-electron chi connectivity index (χ4n) is 5.53. The Morgan fingerprint density at radius 1 is 1.08 bits per heavy atom. The van der Waals surface area contributed by atoms with Gasteiger partial charge in [0.1, 0.15) is 5.76 Å². The molecule has 2 aromatic rings. The lowest BCUT2D eigenvalue weighted by Crippen LogP contribution is -2.45. The van der Waals surface area contributed by atoms with Gasteiger partial charge in [0.25, 0.3) is 10.0 Å². The molecule has 4 unspecified atom stereocenters. The normalized spacial score (nSPS) is 24.2. The molecule has 2 aromatic carbocycles. The van der Waals surface area contributed by atoms with Gasteiger partial charge in [0.05, 0.1) is 16.9 Å². The lowest BCUT2D eigenvalue weighted by molar-refractivity contribution is -0.160. The molecule has 200 valence electrons. The van der Waals surface area contributed by atoms with Gasteiger partial charge in [-0.25, -0.2) is 8.42 Å². The monoisotopic (exact) mass is 536 g/mol. The molecule has 0 spiro atoms. The van der Waals surface area contributed by atoms with Crippen LogP contribution >= 0.6 is 0 Å². The van der Waals surface area contributed by atoms with E-state index in [0.717, 1.165) is 37.7 Å². The Kier molecular flexibility index (Phi) is 7.40. The fraction of sp³-hybridized carbons (Fsp3) is 0.379. The predicted octanol–water partition coefficient (Wildman–Crippen LogP) is 4.71. The highest BCUT2D eigenvalue weighted by Crippen LogP contribution is 2.51. The van der Waals surface area contributed by atoms with Crippen molar-refractivity contribution in [2.45, 2.75) is 55.9 Å². The maximum absolute atomic E-state index is 13.2. The molecule has 0 bridgehead atoms. The highest BCUT2D eigenvalue weighted by Gasteiger charge is 2.50. The molecule has 1 aliphatic heterocycles. The zero-order chi connectivity index (χ0) is 26.9. The summed E-state index contributed by atoms with van der Waals surface area (Å²) in [5.74, 6) is -1.18. The summed E-state index contributed by atoms with van der Waals surface area (Å²) in [4.78, 5) is 24.5. The number of aliphatic hydroxyl groups is 1. The van der Waals surface area contributed by atoms with Crippen molar-refractivity contribution in [2.24, 2.45) is 17.8 Å². The molecule has 9 heteroatoms. The quantitative estimate of drug-likeness (QED) is 0.441. The summed E-state index contributed by atoms with van der Waals surface area (Å²) in [5, 5.41) is 14.1. The van der Waals surface area contributed by atoms with Crippen LogP contribution in [0.15, 0.2) is 77.4 Å². The number of hydrogen-bond acceptors (Lipinski definition) is 6. The van der Waals surface area contributed by atoms with Crippen LogP contribution in [-0.4, -0.2) is 31.5 Å². The summed E-state index contributed by atoms with van der Waals surface area (Å²) in [5.41, 5.74) is 1.67. The van der Waals surface area contributed by atoms with Crippen LogP contribution in [0.25, 0.3) is 0 Å². The molecule has 1 heterocycles. The summed E-state index contributed by atoms with van der Waals surface area (Å²) in [6.45, 7) is 1.38. The van der Waals surface area contributed by atoms with Gasteiger partial charge < -0.3 is 15.2 Å². The number of ether oxygens (including phenoxy) is 1. The van der Waals surface area contributed by atoms with Gasteiger partial charge in [-0.1, -0.05) is 24.3 Å². The van der Waals surface area contributed by atoms with E-state index in [0.29, 0.717) is 17.1 Å². The second kappa shape index (κ2) is 10.7. The zero-order valence-electron chi connectivity index (χ0n) is 21.2. The first-order chi connectivity index (χ1) is 18.2. The first-order valence-corrected chi connectivity index (χ1v) is 14.5. The molecular formula is C29H32N2O6S. The van der Waals surface area contributed by atoms with Crippen LogP contribution in [0.3, 0.4) is 0 Å². The van der Waals surface area contributed by atoms with Crippen molar-refractivity contribution in [3.63, 3.8) is 0 Å². The minimum Gasteiger partial charge on any atom is -0.430 e. The van der Waals surface area contributed by atoms with Crippen molar-refractivity contribution in [2.75, 3.05) is 10.0 Å². The number of sulfonamides is 1. The standard InChI is InChI=1S/C29H32N2O6S/c1-18(32)30-21-13-15-23(16-14-21)38(35,36)31-22-8-6-7-20(17-22)26(19-11-12-19)27-28(33)24-9-4-2-3-5-10-25(24)37-29(27)34/h3,5-8,10,13-17,19,24,26-28,31,33H,2,4,9,11-12H2,1H3,(H,30,32). The molecule has 0 aromatic heterocycles. The van der Waals surface area contributed by atoms with Crippen LogP contribution in [-0.2, 0) is 24.3 Å². The second-order valence-electron chi connectivity index (χ2n) is 10.3. The number of carbonyl (C=O) groups excluding carboxylic acids is 2. The number of rotatable bonds is 7. The Labute approximate surface area is 222 Å². The largest absolute Gasteiger partial charge is 0.430 e. The van der Waals surface area contributed by atoms with E-state index >= 15 is 0 Å². The van der Waals surface area contributed by atoms with E-state index in [4.69, 9.17) is 4.74 Å². The van der Waals surface area contributed by atoms with Gasteiger partial charge in [0, 0.05) is 30.1 Å². The van der Waals surface area contributed by atoms with Gasteiger partial charge in [-0.05, 0) is 86.1 Å². The highest BCUT2D eigenvalue weighted by atomic mass is 32.2. The van der Waals surface area contributed by atoms with E-state index in [2.05, 4.69) is 10.0 Å². The number of anilines is 2. The first-order valence-electron chi connectivity index (χ1n) is 13.0. The molecule has 2 fully saturated rings. The van der Waals surface area contributed by atoms with E-state index in [9.17, 15) is 23.1 Å². The van der Waals surface area contributed by atoms with Gasteiger partial charge in [-0.2, -0.15) is 0 Å². The van der Waals surface area contributed by atoms with Crippen LogP contribution < -0.4 is 10.0 Å². The van der Waals surface area contributed by atoms with Crippen molar-refractivity contribution in [1.29, 1.82) is 0 Å². The molecule has 0 radical (unpaired) electrons. The smallest absolute Gasteiger partial charge is 0.317 e. The van der Waals surface area contributed by atoms with E-state index in [-0.39, 0.29) is 28.6 Å². The number of fused-ring (bicyclic) bond motifs is 1. The van der Waals surface area contributed by atoms with Crippen molar-refractivity contribution in [3.8, 4) is 0 Å². The maximum Gasteiger partial charge on any atom is 0.317 e. The summed E-state index contributed by atoms with van der Waals surface area (Å²) < 4.78 is 34.5. The number of nitrogens with one attached hydrogen (secondary N) is 2. The third-order valence-electron chi connectivity index (χ3n) is 7.44. The lowest BCUT2D eigenvalue weighted by Gasteiger charge is -2.39. The van der Waals surface area contributed by atoms with Crippen molar-refractivity contribution < 1.29 is 27.9 Å². The summed E-state index contributed by atoms with van der Waals surface area (Å²) in [7, 11) is -3.89. The van der Waals surface area contributed by atoms with E-state index in [1.54, 1.807) is 24.3 Å². The molecule has 3 N–H and O–H groups in total. The number of allylic oxidation sites excluding steroid dienone is 3. The molecule has 2 aliphatic carbocycles. The van der Waals surface area contributed by atoms with Gasteiger partial charge >= 0.3 is 5.97 Å². The SMILES string of the molecule is CC(=O)Nc1ccc(S(=O)(=O)Nc2cccc(C(C3CC3)C3C(=O)OC4=CC=CCCCC4C3O)c2)cc1. The molecule has 1 amide bonds. The van der Waals surface area contributed by atoms with Crippen LogP contribution in [0.4, 0.5) is 11.4 Å². The number of aliphatic hydroxyl groups excluding tert-OH is 1. The third-order valence-corrected chi connectivity index (χ3v) is 8.84. The predicted molar refractivity (Wildman–Crippen MR) is 144 cm³/mol. The second-order valence-corrected chi connectivity index (χ2v) is 12.0. The van der Waals surface area contributed by atoms with Crippen LogP contribution in [0.2, 0.25) is 0 Å². The molecule has 3 aliphatic rings. The summed E-state index contributed by atoms with van der Waals surface area (Å²) in [6, 6.07) is 13.0. The van der Waals surface area contributed by atoms with Crippen LogP contribution in [0.1, 0.15) is 50.5 Å². The zero-order valence-corrected chi connectivity index (χ0v) is 22.0. The van der Waals surface area contributed by atoms with Gasteiger partial charge in [-0.15, -0.1) is 0 Å². The number of hydrogen-bond donors (Lipinski definition) is 3. The summed E-state index contributed by atoms with van der Waals surface area (Å²) in [6.07, 6.45) is 9.25. The minimum absolute atomic E-state index is 0.0553. The Hall–Kier alpha value is -3.43. The van der Waals surface area contributed by atoms with Gasteiger partial charge in [-0.3, -0.25) is 14.3 Å². The number of benzene rings is 2. The molecule has 5 rings (SSSR count).